The molecule has 0 saturated carbocycles. The van der Waals surface area contributed by atoms with Gasteiger partial charge in [0.05, 0.1) is 23.3 Å². The number of nitrogens with one attached hydrogen (secondary N) is 1. The smallest absolute Gasteiger partial charge is 0.269 e. The lowest BCUT2D eigenvalue weighted by molar-refractivity contribution is 0.0762. The van der Waals surface area contributed by atoms with Gasteiger partial charge in [-0.2, -0.15) is 5.10 Å². The fraction of sp³-hybridized carbons (Fsp3) is 0.300. The van der Waals surface area contributed by atoms with Crippen LogP contribution in [0.25, 0.3) is 5.52 Å². The Bertz CT molecular complexity index is 1040. The molecule has 1 aromatic carbocycles. The van der Waals surface area contributed by atoms with E-state index in [0.717, 1.165) is 0 Å². The molecule has 9 heteroatoms. The molecule has 1 saturated heterocycles. The van der Waals surface area contributed by atoms with E-state index in [1.165, 1.54) is 12.3 Å². The summed E-state index contributed by atoms with van der Waals surface area (Å²) < 4.78 is 47.5. The molecule has 0 aliphatic carbocycles. The predicted octanol–water partition coefficient (Wildman–Crippen LogP) is 3.44. The number of amides is 1. The largest absolute Gasteiger partial charge is 0.487 e. The van der Waals surface area contributed by atoms with Crippen LogP contribution >= 0.6 is 0 Å². The molecule has 0 bridgehead atoms. The first kappa shape index (κ1) is 19.3. The van der Waals surface area contributed by atoms with Gasteiger partial charge in [-0.05, 0) is 31.0 Å². The number of aromatic nitrogens is 2. The lowest BCUT2D eigenvalue weighted by Crippen LogP contribution is -2.41. The van der Waals surface area contributed by atoms with Crippen molar-refractivity contribution in [3.8, 4) is 5.75 Å². The SMILES string of the molecule is O=C(NN1CCCC1c1cc(F)cc(F)c1OCCF)c1cnn2ccccc12. The summed E-state index contributed by atoms with van der Waals surface area (Å²) in [5.41, 5.74) is 4.08. The van der Waals surface area contributed by atoms with Gasteiger partial charge in [0.15, 0.2) is 11.6 Å². The summed E-state index contributed by atoms with van der Waals surface area (Å²) in [6.07, 6.45) is 4.46. The van der Waals surface area contributed by atoms with Crippen molar-refractivity contribution in [2.45, 2.75) is 18.9 Å². The van der Waals surface area contributed by atoms with Crippen molar-refractivity contribution in [2.24, 2.45) is 0 Å². The second-order valence-electron chi connectivity index (χ2n) is 6.72. The first-order valence-corrected chi connectivity index (χ1v) is 9.26. The van der Waals surface area contributed by atoms with E-state index in [0.29, 0.717) is 36.5 Å². The number of pyridine rings is 1. The summed E-state index contributed by atoms with van der Waals surface area (Å²) in [4.78, 5) is 12.8. The molecule has 3 aromatic rings. The molecule has 2 aromatic heterocycles. The van der Waals surface area contributed by atoms with Gasteiger partial charge in [-0.3, -0.25) is 10.2 Å². The average Bonchev–Trinajstić information content (AvgIpc) is 3.33. The Balaban J connectivity index is 1.60. The van der Waals surface area contributed by atoms with Gasteiger partial charge in [0.25, 0.3) is 5.91 Å². The Hall–Kier alpha value is -3.07. The fourth-order valence-corrected chi connectivity index (χ4v) is 3.64. The van der Waals surface area contributed by atoms with Gasteiger partial charge in [0.1, 0.15) is 19.1 Å². The Kier molecular flexibility index (Phi) is 5.39. The molecule has 1 amide bonds. The van der Waals surface area contributed by atoms with Crippen LogP contribution in [0.4, 0.5) is 13.2 Å². The zero-order valence-electron chi connectivity index (χ0n) is 15.4. The van der Waals surface area contributed by atoms with E-state index in [-0.39, 0.29) is 23.8 Å². The molecule has 152 valence electrons. The van der Waals surface area contributed by atoms with E-state index in [2.05, 4.69) is 10.5 Å². The molecule has 1 aliphatic heterocycles. The molecule has 1 atom stereocenters. The third kappa shape index (κ3) is 3.77. The summed E-state index contributed by atoms with van der Waals surface area (Å²) in [6, 6.07) is 6.75. The van der Waals surface area contributed by atoms with Crippen molar-refractivity contribution in [3.05, 3.63) is 65.5 Å². The molecule has 1 unspecified atom stereocenters. The van der Waals surface area contributed by atoms with Crippen molar-refractivity contribution in [3.63, 3.8) is 0 Å². The van der Waals surface area contributed by atoms with E-state index in [1.807, 2.05) is 0 Å². The van der Waals surface area contributed by atoms with Gasteiger partial charge in [-0.1, -0.05) is 6.07 Å². The van der Waals surface area contributed by atoms with Crippen LogP contribution in [-0.4, -0.2) is 40.4 Å². The number of benzene rings is 1. The van der Waals surface area contributed by atoms with E-state index in [9.17, 15) is 18.0 Å². The predicted molar refractivity (Wildman–Crippen MR) is 99.2 cm³/mol. The zero-order chi connectivity index (χ0) is 20.4. The van der Waals surface area contributed by atoms with E-state index in [1.54, 1.807) is 33.9 Å². The summed E-state index contributed by atoms with van der Waals surface area (Å²) >= 11 is 0. The topological polar surface area (TPSA) is 58.9 Å². The van der Waals surface area contributed by atoms with E-state index >= 15 is 0 Å². The number of carbonyl (C=O) groups is 1. The van der Waals surface area contributed by atoms with Crippen LogP contribution in [-0.2, 0) is 0 Å². The summed E-state index contributed by atoms with van der Waals surface area (Å²) in [7, 11) is 0. The molecule has 1 aliphatic rings. The summed E-state index contributed by atoms with van der Waals surface area (Å²) in [6.45, 7) is -0.635. The normalized spacial score (nSPS) is 17.0. The Morgan fingerprint density at radius 3 is 3.00 bits per heavy atom. The van der Waals surface area contributed by atoms with Crippen LogP contribution in [0.2, 0.25) is 0 Å². The van der Waals surface area contributed by atoms with Crippen molar-refractivity contribution < 1.29 is 22.7 Å². The fourth-order valence-electron chi connectivity index (χ4n) is 3.64. The van der Waals surface area contributed by atoms with Crippen molar-refractivity contribution in [1.29, 1.82) is 0 Å². The van der Waals surface area contributed by atoms with Crippen LogP contribution in [0.3, 0.4) is 0 Å². The Morgan fingerprint density at radius 2 is 2.17 bits per heavy atom. The standard InChI is InChI=1S/C20H19F3N4O2/c21-6-9-29-19-14(10-13(22)11-16(19)23)17-5-3-8-27(17)25-20(28)15-12-24-26-7-2-1-4-18(15)26/h1-2,4,7,10-12,17H,3,5-6,8-9H2,(H,25,28). The molecule has 1 fully saturated rings. The average molecular weight is 404 g/mol. The molecule has 4 rings (SSSR count). The highest BCUT2D eigenvalue weighted by Gasteiger charge is 2.32. The number of alkyl halides is 1. The third-order valence-electron chi connectivity index (χ3n) is 4.89. The van der Waals surface area contributed by atoms with Gasteiger partial charge in [0, 0.05) is 24.4 Å². The van der Waals surface area contributed by atoms with Gasteiger partial charge < -0.3 is 4.74 Å². The lowest BCUT2D eigenvalue weighted by Gasteiger charge is -2.27. The van der Waals surface area contributed by atoms with Crippen molar-refractivity contribution >= 4 is 11.4 Å². The van der Waals surface area contributed by atoms with Crippen LogP contribution in [0.5, 0.6) is 5.75 Å². The van der Waals surface area contributed by atoms with Crippen LogP contribution in [0.1, 0.15) is 34.8 Å². The Labute approximate surface area is 164 Å². The van der Waals surface area contributed by atoms with E-state index in [4.69, 9.17) is 4.74 Å². The summed E-state index contributed by atoms with van der Waals surface area (Å²) in [5, 5.41) is 5.78. The number of halogens is 3. The molecule has 0 radical (unpaired) electrons. The second kappa shape index (κ2) is 8.12. The maximum atomic E-state index is 14.3. The highest BCUT2D eigenvalue weighted by Crippen LogP contribution is 2.38. The number of hydrazine groups is 1. The van der Waals surface area contributed by atoms with Gasteiger partial charge >= 0.3 is 0 Å². The van der Waals surface area contributed by atoms with Crippen molar-refractivity contribution in [2.75, 3.05) is 19.8 Å². The quantitative estimate of drug-likeness (QED) is 0.684. The minimum Gasteiger partial charge on any atom is -0.487 e. The van der Waals surface area contributed by atoms with E-state index < -0.39 is 24.4 Å². The highest BCUT2D eigenvalue weighted by atomic mass is 19.1. The Morgan fingerprint density at radius 1 is 1.31 bits per heavy atom. The van der Waals surface area contributed by atoms with Crippen molar-refractivity contribution in [1.82, 2.24) is 20.0 Å². The molecule has 6 nitrogen and oxygen atoms in total. The summed E-state index contributed by atoms with van der Waals surface area (Å²) in [5.74, 6) is -2.22. The molecule has 1 N–H and O–H groups in total. The second-order valence-corrected chi connectivity index (χ2v) is 6.72. The molecule has 3 heterocycles. The van der Waals surface area contributed by atoms with Crippen LogP contribution in [0.15, 0.2) is 42.7 Å². The maximum Gasteiger partial charge on any atom is 0.269 e. The molecule has 29 heavy (non-hydrogen) atoms. The highest BCUT2D eigenvalue weighted by molar-refractivity contribution is 6.00. The number of ether oxygens (including phenoxy) is 1. The number of hydrogen-bond donors (Lipinski definition) is 1. The minimum absolute atomic E-state index is 0.189. The third-order valence-corrected chi connectivity index (χ3v) is 4.89. The molecular formula is C20H19F3N4O2. The number of nitrogens with zero attached hydrogens (tertiary/aromatic N) is 3. The maximum absolute atomic E-state index is 14.3. The van der Waals surface area contributed by atoms with Gasteiger partial charge in [-0.25, -0.2) is 22.7 Å². The van der Waals surface area contributed by atoms with Gasteiger partial charge in [-0.15, -0.1) is 0 Å². The number of carbonyl (C=O) groups excluding carboxylic acids is 1. The zero-order valence-corrected chi connectivity index (χ0v) is 15.4. The molecule has 0 spiro atoms. The number of fused-ring (bicyclic) bond motifs is 1. The first-order valence-electron chi connectivity index (χ1n) is 9.26. The number of hydrogen-bond acceptors (Lipinski definition) is 4. The first-order chi connectivity index (χ1) is 14.1. The number of rotatable bonds is 6. The minimum atomic E-state index is -0.894. The van der Waals surface area contributed by atoms with Crippen LogP contribution in [0, 0.1) is 11.6 Å². The monoisotopic (exact) mass is 404 g/mol. The molecular weight excluding hydrogens is 385 g/mol. The lowest BCUT2D eigenvalue weighted by atomic mass is 10.0. The van der Waals surface area contributed by atoms with Gasteiger partial charge in [0.2, 0.25) is 0 Å². The van der Waals surface area contributed by atoms with Crippen LogP contribution < -0.4 is 10.2 Å².